The summed E-state index contributed by atoms with van der Waals surface area (Å²) in [5.74, 6) is 3.05. The summed E-state index contributed by atoms with van der Waals surface area (Å²) in [6.07, 6.45) is 4.62. The third-order valence-electron chi connectivity index (χ3n) is 7.03. The molecule has 0 saturated heterocycles. The summed E-state index contributed by atoms with van der Waals surface area (Å²) < 4.78 is 0. The molecule has 2 aromatic heterocycles. The van der Waals surface area contributed by atoms with E-state index in [0.717, 1.165) is 28.8 Å². The van der Waals surface area contributed by atoms with Crippen molar-refractivity contribution in [3.63, 3.8) is 0 Å². The summed E-state index contributed by atoms with van der Waals surface area (Å²) in [6.45, 7) is 7.25. The van der Waals surface area contributed by atoms with Crippen molar-refractivity contribution >= 4 is 21.8 Å². The molecule has 2 aliphatic rings. The van der Waals surface area contributed by atoms with Crippen LogP contribution in [-0.2, 0) is 0 Å². The molecular weight excluding hydrogens is 292 g/mol. The Morgan fingerprint density at radius 1 is 1.00 bits per heavy atom. The lowest BCUT2D eigenvalue weighted by Crippen LogP contribution is -2.11. The first kappa shape index (κ1) is 14.4. The topological polar surface area (TPSA) is 25.8 Å². The Morgan fingerprint density at radius 3 is 2.50 bits per heavy atom. The number of rotatable bonds is 2. The SMILES string of the molecule is CC(C)[C@@]12C[C@H](c3ccc4ccc5cccnc5c4n3)[C@H](C)[C@H]1C2. The standard InChI is InChI=1S/C22H24N2/c1-13(2)22-11-17(14(3)18(22)12-22)19-9-8-16-7-6-15-5-4-10-23-20(15)21(16)24-19/h4-10,13-14,17-18H,11-12H2,1-3H3/t14-,17-,18+,22-/m0/s1. The fraction of sp³-hybridized carbons (Fsp3) is 0.455. The van der Waals surface area contributed by atoms with Crippen LogP contribution < -0.4 is 0 Å². The van der Waals surface area contributed by atoms with Gasteiger partial charge >= 0.3 is 0 Å². The molecule has 0 unspecified atom stereocenters. The van der Waals surface area contributed by atoms with Crippen LogP contribution in [0.3, 0.4) is 0 Å². The maximum Gasteiger partial charge on any atom is 0.0967 e. The molecule has 122 valence electrons. The van der Waals surface area contributed by atoms with Gasteiger partial charge in [0.2, 0.25) is 0 Å². The molecule has 5 rings (SSSR count). The Balaban J connectivity index is 1.62. The van der Waals surface area contributed by atoms with Gasteiger partial charge in [-0.05, 0) is 48.1 Å². The summed E-state index contributed by atoms with van der Waals surface area (Å²) in [4.78, 5) is 9.72. The molecular formula is C22H24N2. The molecule has 24 heavy (non-hydrogen) atoms. The van der Waals surface area contributed by atoms with Crippen LogP contribution in [0.15, 0.2) is 42.6 Å². The van der Waals surface area contributed by atoms with Crippen LogP contribution >= 0.6 is 0 Å². The van der Waals surface area contributed by atoms with Gasteiger partial charge in [-0.1, -0.05) is 45.0 Å². The second-order valence-corrected chi connectivity index (χ2v) is 8.32. The van der Waals surface area contributed by atoms with Crippen molar-refractivity contribution in [3.05, 3.63) is 48.3 Å². The Hall–Kier alpha value is -1.96. The van der Waals surface area contributed by atoms with E-state index in [-0.39, 0.29) is 0 Å². The Labute approximate surface area is 143 Å². The normalized spacial score (nSPS) is 31.8. The molecule has 2 saturated carbocycles. The van der Waals surface area contributed by atoms with Crippen molar-refractivity contribution in [2.45, 2.75) is 39.5 Å². The van der Waals surface area contributed by atoms with Crippen LogP contribution in [0.5, 0.6) is 0 Å². The first-order valence-electron chi connectivity index (χ1n) is 9.24. The summed E-state index contributed by atoms with van der Waals surface area (Å²) in [6, 6.07) is 12.9. The van der Waals surface area contributed by atoms with Gasteiger partial charge in [-0.3, -0.25) is 9.97 Å². The Morgan fingerprint density at radius 2 is 1.75 bits per heavy atom. The highest BCUT2D eigenvalue weighted by atomic mass is 14.8. The molecule has 0 bridgehead atoms. The van der Waals surface area contributed by atoms with Gasteiger partial charge in [0.1, 0.15) is 0 Å². The van der Waals surface area contributed by atoms with Gasteiger partial charge in [-0.2, -0.15) is 0 Å². The zero-order valence-electron chi connectivity index (χ0n) is 14.7. The molecule has 0 radical (unpaired) electrons. The number of fused-ring (bicyclic) bond motifs is 4. The van der Waals surface area contributed by atoms with Crippen LogP contribution in [0.25, 0.3) is 21.8 Å². The van der Waals surface area contributed by atoms with Crippen LogP contribution in [0.2, 0.25) is 0 Å². The third kappa shape index (κ3) is 1.83. The van der Waals surface area contributed by atoms with Gasteiger partial charge in [-0.25, -0.2) is 0 Å². The maximum atomic E-state index is 5.12. The minimum Gasteiger partial charge on any atom is -0.254 e. The lowest BCUT2D eigenvalue weighted by Gasteiger charge is -2.21. The average Bonchev–Trinajstić information content (AvgIpc) is 3.28. The highest BCUT2D eigenvalue weighted by Crippen LogP contribution is 2.73. The minimum atomic E-state index is 0.595. The number of pyridine rings is 2. The molecule has 1 aromatic carbocycles. The molecule has 4 atom stereocenters. The van der Waals surface area contributed by atoms with Crippen LogP contribution in [0.1, 0.15) is 45.2 Å². The predicted octanol–water partition coefficient (Wildman–Crippen LogP) is 5.57. The van der Waals surface area contributed by atoms with Crippen molar-refractivity contribution in [2.24, 2.45) is 23.2 Å². The molecule has 2 aliphatic carbocycles. The Kier molecular flexibility index (Phi) is 2.87. The van der Waals surface area contributed by atoms with E-state index >= 15 is 0 Å². The van der Waals surface area contributed by atoms with Crippen LogP contribution in [-0.4, -0.2) is 9.97 Å². The van der Waals surface area contributed by atoms with Crippen LogP contribution in [0, 0.1) is 23.2 Å². The van der Waals surface area contributed by atoms with Crippen LogP contribution in [0.4, 0.5) is 0 Å². The van der Waals surface area contributed by atoms with E-state index in [0.29, 0.717) is 11.3 Å². The highest BCUT2D eigenvalue weighted by Gasteiger charge is 2.65. The van der Waals surface area contributed by atoms with Crippen molar-refractivity contribution in [3.8, 4) is 0 Å². The van der Waals surface area contributed by atoms with Gasteiger partial charge in [0, 0.05) is 28.6 Å². The van der Waals surface area contributed by atoms with Gasteiger partial charge in [0.05, 0.1) is 11.0 Å². The molecule has 0 amide bonds. The fourth-order valence-electron chi connectivity index (χ4n) is 5.39. The number of aromatic nitrogens is 2. The maximum absolute atomic E-state index is 5.12. The van der Waals surface area contributed by atoms with Gasteiger partial charge in [0.25, 0.3) is 0 Å². The van der Waals surface area contributed by atoms with E-state index in [9.17, 15) is 0 Å². The second-order valence-electron chi connectivity index (χ2n) is 8.32. The minimum absolute atomic E-state index is 0.595. The number of hydrogen-bond donors (Lipinski definition) is 0. The van der Waals surface area contributed by atoms with Gasteiger partial charge in [0.15, 0.2) is 0 Å². The van der Waals surface area contributed by atoms with E-state index in [2.05, 4.69) is 56.1 Å². The van der Waals surface area contributed by atoms with Gasteiger partial charge in [-0.15, -0.1) is 0 Å². The molecule has 0 spiro atoms. The second kappa shape index (κ2) is 4.78. The average molecular weight is 316 g/mol. The summed E-state index contributed by atoms with van der Waals surface area (Å²) >= 11 is 0. The highest BCUT2D eigenvalue weighted by molar-refractivity contribution is 6.02. The van der Waals surface area contributed by atoms with Gasteiger partial charge < -0.3 is 0 Å². The summed E-state index contributed by atoms with van der Waals surface area (Å²) in [7, 11) is 0. The molecule has 2 nitrogen and oxygen atoms in total. The van der Waals surface area contributed by atoms with Crippen molar-refractivity contribution in [1.29, 1.82) is 0 Å². The summed E-state index contributed by atoms with van der Waals surface area (Å²) in [5.41, 5.74) is 3.97. The zero-order valence-corrected chi connectivity index (χ0v) is 14.7. The fourth-order valence-corrected chi connectivity index (χ4v) is 5.39. The van der Waals surface area contributed by atoms with E-state index in [1.807, 2.05) is 12.3 Å². The number of benzene rings is 1. The monoisotopic (exact) mass is 316 g/mol. The van der Waals surface area contributed by atoms with E-state index in [1.165, 1.54) is 29.3 Å². The lowest BCUT2D eigenvalue weighted by atomic mass is 9.85. The predicted molar refractivity (Wildman–Crippen MR) is 98.9 cm³/mol. The first-order chi connectivity index (χ1) is 11.6. The van der Waals surface area contributed by atoms with Crippen molar-refractivity contribution in [1.82, 2.24) is 9.97 Å². The quantitative estimate of drug-likeness (QED) is 0.578. The Bertz CT molecular complexity index is 945. The van der Waals surface area contributed by atoms with Crippen molar-refractivity contribution < 1.29 is 0 Å². The lowest BCUT2D eigenvalue weighted by molar-refractivity contribution is 0.334. The first-order valence-corrected chi connectivity index (χ1v) is 9.24. The van der Waals surface area contributed by atoms with E-state index in [1.54, 1.807) is 0 Å². The molecule has 0 N–H and O–H groups in total. The molecule has 3 aromatic rings. The number of nitrogens with zero attached hydrogens (tertiary/aromatic N) is 2. The molecule has 2 fully saturated rings. The smallest absolute Gasteiger partial charge is 0.0967 e. The van der Waals surface area contributed by atoms with E-state index in [4.69, 9.17) is 4.98 Å². The molecule has 2 heterocycles. The third-order valence-corrected chi connectivity index (χ3v) is 7.03. The van der Waals surface area contributed by atoms with E-state index < -0.39 is 0 Å². The van der Waals surface area contributed by atoms with Crippen molar-refractivity contribution in [2.75, 3.05) is 0 Å². The number of hydrogen-bond acceptors (Lipinski definition) is 2. The summed E-state index contributed by atoms with van der Waals surface area (Å²) in [5, 5.41) is 2.37. The zero-order chi connectivity index (χ0) is 16.5. The largest absolute Gasteiger partial charge is 0.254 e. The molecule has 2 heteroatoms. The molecule has 0 aliphatic heterocycles.